The molecule has 128 valence electrons. The Kier molecular flexibility index (Phi) is 4.07. The van der Waals surface area contributed by atoms with E-state index in [0.29, 0.717) is 24.4 Å². The highest BCUT2D eigenvalue weighted by molar-refractivity contribution is 5.95. The van der Waals surface area contributed by atoms with Gasteiger partial charge < -0.3 is 14.2 Å². The molecule has 1 amide bonds. The first-order valence-corrected chi connectivity index (χ1v) is 8.18. The van der Waals surface area contributed by atoms with Gasteiger partial charge >= 0.3 is 0 Å². The number of rotatable bonds is 4. The summed E-state index contributed by atoms with van der Waals surface area (Å²) in [6.45, 7) is 0.536. The second kappa shape index (κ2) is 6.52. The van der Waals surface area contributed by atoms with Gasteiger partial charge in [-0.25, -0.2) is 4.98 Å². The van der Waals surface area contributed by atoms with Crippen LogP contribution in [0.25, 0.3) is 5.69 Å². The van der Waals surface area contributed by atoms with Crippen LogP contribution in [-0.2, 0) is 4.74 Å². The average molecular weight is 337 g/mol. The number of benzene rings is 1. The van der Waals surface area contributed by atoms with Crippen molar-refractivity contribution in [1.29, 1.82) is 0 Å². The number of carbonyl (C=O) groups excluding carboxylic acids is 1. The van der Waals surface area contributed by atoms with Crippen molar-refractivity contribution in [2.75, 3.05) is 13.7 Å². The molecule has 25 heavy (non-hydrogen) atoms. The molecule has 1 fully saturated rings. The van der Waals surface area contributed by atoms with Gasteiger partial charge in [-0.1, -0.05) is 6.07 Å². The number of hydrogen-bond donors (Lipinski definition) is 1. The van der Waals surface area contributed by atoms with Crippen molar-refractivity contribution in [3.05, 3.63) is 66.5 Å². The van der Waals surface area contributed by atoms with Crippen LogP contribution in [0.15, 0.2) is 55.1 Å². The maximum absolute atomic E-state index is 13.1. The van der Waals surface area contributed by atoms with Crippen LogP contribution >= 0.6 is 0 Å². The second-order valence-electron chi connectivity index (χ2n) is 6.08. The lowest BCUT2D eigenvalue weighted by molar-refractivity contribution is 0.0684. The van der Waals surface area contributed by atoms with Crippen molar-refractivity contribution < 1.29 is 9.53 Å². The Balaban J connectivity index is 1.64. The molecule has 1 N–H and O–H groups in total. The van der Waals surface area contributed by atoms with Crippen LogP contribution in [0.3, 0.4) is 0 Å². The lowest BCUT2D eigenvalue weighted by Gasteiger charge is -2.23. The summed E-state index contributed by atoms with van der Waals surface area (Å²) in [5.41, 5.74) is 1.60. The first kappa shape index (κ1) is 15.6. The van der Waals surface area contributed by atoms with E-state index in [1.807, 2.05) is 58.3 Å². The van der Waals surface area contributed by atoms with Gasteiger partial charge in [0.05, 0.1) is 12.1 Å². The summed E-state index contributed by atoms with van der Waals surface area (Å²) in [6.07, 6.45) is 6.07. The Bertz CT molecular complexity index is 844. The van der Waals surface area contributed by atoms with Gasteiger partial charge in [0.15, 0.2) is 0 Å². The van der Waals surface area contributed by atoms with Gasteiger partial charge in [0.2, 0.25) is 0 Å². The van der Waals surface area contributed by atoms with Crippen molar-refractivity contribution in [2.24, 2.45) is 0 Å². The smallest absolute Gasteiger partial charge is 0.254 e. The molecule has 0 spiro atoms. The van der Waals surface area contributed by atoms with Crippen LogP contribution in [0.4, 0.5) is 0 Å². The van der Waals surface area contributed by atoms with E-state index in [4.69, 9.17) is 4.74 Å². The number of nitrogens with one attached hydrogen (secondary N) is 1. The highest BCUT2D eigenvalue weighted by atomic mass is 16.5. The van der Waals surface area contributed by atoms with Crippen molar-refractivity contribution in [3.63, 3.8) is 0 Å². The number of aromatic amines is 1. The number of hydrogen-bond acceptors (Lipinski definition) is 4. The predicted octanol–water partition coefficient (Wildman–Crippen LogP) is 2.20. The van der Waals surface area contributed by atoms with E-state index in [0.717, 1.165) is 5.69 Å². The molecule has 2 atom stereocenters. The van der Waals surface area contributed by atoms with Gasteiger partial charge in [-0.3, -0.25) is 9.89 Å². The van der Waals surface area contributed by atoms with Crippen molar-refractivity contribution in [3.8, 4) is 5.69 Å². The highest BCUT2D eigenvalue weighted by Crippen LogP contribution is 2.32. The molecule has 1 aromatic carbocycles. The third-order valence-electron chi connectivity index (χ3n) is 4.60. The minimum absolute atomic E-state index is 0.00770. The minimum atomic E-state index is -0.157. The lowest BCUT2D eigenvalue weighted by atomic mass is 10.1. The summed E-state index contributed by atoms with van der Waals surface area (Å²) >= 11 is 0. The molecule has 0 saturated carbocycles. The molecule has 1 aliphatic rings. The Labute approximate surface area is 145 Å². The first-order valence-electron chi connectivity index (χ1n) is 8.18. The average Bonchev–Trinajstić information content (AvgIpc) is 3.42. The van der Waals surface area contributed by atoms with Gasteiger partial charge in [0.25, 0.3) is 5.91 Å². The van der Waals surface area contributed by atoms with E-state index < -0.39 is 0 Å². The SMILES string of the molecule is CO[C@@H]1C[C@@H](c2ncn[nH]2)N(C(=O)c2cccc(-n3cccc3)c2)C1. The maximum atomic E-state index is 13.1. The zero-order chi connectivity index (χ0) is 17.2. The van der Waals surface area contributed by atoms with Crippen molar-refractivity contribution in [1.82, 2.24) is 24.6 Å². The topological polar surface area (TPSA) is 76.0 Å². The molecule has 7 nitrogen and oxygen atoms in total. The van der Waals surface area contributed by atoms with Gasteiger partial charge in [-0.05, 0) is 30.3 Å². The van der Waals surface area contributed by atoms with E-state index in [1.165, 1.54) is 6.33 Å². The Hall–Kier alpha value is -2.93. The summed E-state index contributed by atoms with van der Waals surface area (Å²) in [5.74, 6) is 0.657. The summed E-state index contributed by atoms with van der Waals surface area (Å²) < 4.78 is 7.46. The molecule has 4 rings (SSSR count). The quantitative estimate of drug-likeness (QED) is 0.792. The molecule has 0 bridgehead atoms. The van der Waals surface area contributed by atoms with Crippen LogP contribution in [0.1, 0.15) is 28.6 Å². The standard InChI is InChI=1S/C18H19N5O2/c1-25-15-10-16(17-19-12-20-21-17)23(11-15)18(24)13-5-4-6-14(9-13)22-7-2-3-8-22/h2-9,12,15-16H,10-11H2,1H3,(H,19,20,21)/t15-,16+/m1/s1. The molecule has 1 aliphatic heterocycles. The summed E-state index contributed by atoms with van der Waals surface area (Å²) in [7, 11) is 1.67. The summed E-state index contributed by atoms with van der Waals surface area (Å²) in [6, 6.07) is 11.4. The number of nitrogens with zero attached hydrogens (tertiary/aromatic N) is 4. The number of carbonyl (C=O) groups is 1. The van der Waals surface area contributed by atoms with E-state index in [2.05, 4.69) is 15.2 Å². The van der Waals surface area contributed by atoms with Gasteiger partial charge in [0, 0.05) is 43.7 Å². The molecule has 0 aliphatic carbocycles. The predicted molar refractivity (Wildman–Crippen MR) is 91.3 cm³/mol. The fraction of sp³-hybridized carbons (Fsp3) is 0.278. The van der Waals surface area contributed by atoms with E-state index in [9.17, 15) is 4.79 Å². The van der Waals surface area contributed by atoms with E-state index in [1.54, 1.807) is 7.11 Å². The number of methoxy groups -OCH3 is 1. The Morgan fingerprint density at radius 3 is 2.84 bits per heavy atom. The molecule has 1 saturated heterocycles. The first-order chi connectivity index (χ1) is 12.3. The number of amides is 1. The summed E-state index contributed by atoms with van der Waals surface area (Å²) in [4.78, 5) is 19.2. The van der Waals surface area contributed by atoms with Crippen LogP contribution < -0.4 is 0 Å². The van der Waals surface area contributed by atoms with Crippen LogP contribution in [-0.4, -0.2) is 50.3 Å². The van der Waals surface area contributed by atoms with E-state index >= 15 is 0 Å². The maximum Gasteiger partial charge on any atom is 0.254 e. The Morgan fingerprint density at radius 2 is 2.12 bits per heavy atom. The molecule has 0 unspecified atom stereocenters. The number of H-pyrrole nitrogens is 1. The van der Waals surface area contributed by atoms with Gasteiger partial charge in [0.1, 0.15) is 12.2 Å². The molecule has 2 aromatic heterocycles. The van der Waals surface area contributed by atoms with Crippen LogP contribution in [0.2, 0.25) is 0 Å². The normalized spacial score (nSPS) is 20.1. The molecular formula is C18H19N5O2. The zero-order valence-electron chi connectivity index (χ0n) is 13.9. The number of likely N-dealkylation sites (tertiary alicyclic amines) is 1. The molecule has 7 heteroatoms. The van der Waals surface area contributed by atoms with Crippen molar-refractivity contribution in [2.45, 2.75) is 18.6 Å². The molecule has 0 radical (unpaired) electrons. The van der Waals surface area contributed by atoms with E-state index in [-0.39, 0.29) is 18.1 Å². The fourth-order valence-corrected chi connectivity index (χ4v) is 3.30. The Morgan fingerprint density at radius 1 is 1.28 bits per heavy atom. The third kappa shape index (κ3) is 2.94. The van der Waals surface area contributed by atoms with Crippen molar-refractivity contribution >= 4 is 5.91 Å². The monoisotopic (exact) mass is 337 g/mol. The number of aromatic nitrogens is 4. The fourth-order valence-electron chi connectivity index (χ4n) is 3.30. The van der Waals surface area contributed by atoms with Crippen LogP contribution in [0, 0.1) is 0 Å². The lowest BCUT2D eigenvalue weighted by Crippen LogP contribution is -2.32. The number of ether oxygens (including phenoxy) is 1. The minimum Gasteiger partial charge on any atom is -0.380 e. The van der Waals surface area contributed by atoms with Crippen LogP contribution in [0.5, 0.6) is 0 Å². The molecule has 3 aromatic rings. The van der Waals surface area contributed by atoms with Gasteiger partial charge in [-0.15, -0.1) is 0 Å². The molecular weight excluding hydrogens is 318 g/mol. The highest BCUT2D eigenvalue weighted by Gasteiger charge is 2.38. The zero-order valence-corrected chi connectivity index (χ0v) is 13.9. The second-order valence-corrected chi connectivity index (χ2v) is 6.08. The molecule has 3 heterocycles. The third-order valence-corrected chi connectivity index (χ3v) is 4.60. The largest absolute Gasteiger partial charge is 0.380 e. The van der Waals surface area contributed by atoms with Gasteiger partial charge in [-0.2, -0.15) is 5.10 Å². The summed E-state index contributed by atoms with van der Waals surface area (Å²) in [5, 5.41) is 6.79.